The quantitative estimate of drug-likeness (QED) is 0.0205. The summed E-state index contributed by atoms with van der Waals surface area (Å²) in [5.74, 6) is -0.507. The zero-order valence-corrected chi connectivity index (χ0v) is 50.5. The van der Waals surface area contributed by atoms with Crippen molar-refractivity contribution in [3.05, 3.63) is 48.6 Å². The summed E-state index contributed by atoms with van der Waals surface area (Å²) in [5.41, 5.74) is 0. The zero-order valence-electron chi connectivity index (χ0n) is 49.6. The minimum absolute atomic E-state index is 0.0391. The number of hydrogen-bond donors (Lipinski definition) is 2. The third-order valence-electron chi connectivity index (χ3n) is 14.0. The highest BCUT2D eigenvalue weighted by atomic mass is 31.2. The summed E-state index contributed by atoms with van der Waals surface area (Å²) in [5, 5.41) is 3.06. The van der Waals surface area contributed by atoms with Gasteiger partial charge in [-0.3, -0.25) is 18.6 Å². The molecular weight excluding hydrogens is 940 g/mol. The Kier molecular flexibility index (Phi) is 52.8. The Balaban J connectivity index is 5.25. The summed E-state index contributed by atoms with van der Waals surface area (Å²) >= 11 is 0. The van der Waals surface area contributed by atoms with Crippen molar-refractivity contribution in [1.82, 2.24) is 5.32 Å². The third-order valence-corrected chi connectivity index (χ3v) is 15.0. The van der Waals surface area contributed by atoms with Gasteiger partial charge in [0.15, 0.2) is 0 Å². The Morgan fingerprint density at radius 2 is 0.824 bits per heavy atom. The first kappa shape index (κ1) is 72.0. The lowest BCUT2D eigenvalue weighted by Crippen LogP contribution is -2.47. The van der Waals surface area contributed by atoms with Crippen LogP contribution in [-0.2, 0) is 27.9 Å². The van der Waals surface area contributed by atoms with E-state index >= 15 is 0 Å². The number of carbonyl (C=O) groups excluding carboxylic acids is 2. The van der Waals surface area contributed by atoms with Gasteiger partial charge in [-0.2, -0.15) is 0 Å². The SMILES string of the molecule is CCCCC/C=C\C/C=C\CCCCCCCCCCCC(=O)OC(/C=C/CCCCCCCCCCCC)C(COP(=O)(O)OCC[N+](C)(C)C)NC(=O)CCCCCCCCC/C=C/CCCCCCCC. The first-order valence-corrected chi connectivity index (χ1v) is 33.0. The molecular formula is C64H122N2O7P+. The van der Waals surface area contributed by atoms with Crippen LogP contribution in [0, 0.1) is 0 Å². The molecule has 1 amide bonds. The molecule has 0 aromatic heterocycles. The van der Waals surface area contributed by atoms with Crippen LogP contribution in [0.15, 0.2) is 48.6 Å². The van der Waals surface area contributed by atoms with Crippen molar-refractivity contribution in [2.75, 3.05) is 40.9 Å². The molecule has 2 N–H and O–H groups in total. The van der Waals surface area contributed by atoms with Crippen LogP contribution in [0.1, 0.15) is 297 Å². The van der Waals surface area contributed by atoms with Crippen molar-refractivity contribution >= 4 is 19.7 Å². The fourth-order valence-electron chi connectivity index (χ4n) is 9.08. The second-order valence-corrected chi connectivity index (χ2v) is 24.0. The summed E-state index contributed by atoms with van der Waals surface area (Å²) in [6, 6.07) is -0.851. The van der Waals surface area contributed by atoms with Crippen LogP contribution in [0.5, 0.6) is 0 Å². The van der Waals surface area contributed by atoms with Crippen LogP contribution in [0.4, 0.5) is 0 Å². The Labute approximate surface area is 458 Å². The number of hydrogen-bond acceptors (Lipinski definition) is 6. The van der Waals surface area contributed by atoms with E-state index in [-0.39, 0.29) is 31.5 Å². The van der Waals surface area contributed by atoms with E-state index in [0.717, 1.165) is 77.0 Å². The number of likely N-dealkylation sites (N-methyl/N-ethyl adjacent to an activating group) is 1. The molecule has 0 saturated heterocycles. The molecule has 0 aliphatic heterocycles. The average molecular weight is 1060 g/mol. The molecule has 0 saturated carbocycles. The third kappa shape index (κ3) is 54.7. The van der Waals surface area contributed by atoms with Crippen LogP contribution in [-0.4, -0.2) is 74.3 Å². The first-order valence-electron chi connectivity index (χ1n) is 31.5. The van der Waals surface area contributed by atoms with Gasteiger partial charge in [0.25, 0.3) is 0 Å². The van der Waals surface area contributed by atoms with Crippen LogP contribution < -0.4 is 5.32 Å². The number of phosphoric acid groups is 1. The molecule has 0 bridgehead atoms. The van der Waals surface area contributed by atoms with E-state index in [2.05, 4.69) is 62.5 Å². The number of nitrogens with one attached hydrogen (secondary N) is 1. The van der Waals surface area contributed by atoms with E-state index in [1.165, 1.54) is 186 Å². The Hall–Kier alpha value is -2.03. The predicted octanol–water partition coefficient (Wildman–Crippen LogP) is 19.3. The predicted molar refractivity (Wildman–Crippen MR) is 319 cm³/mol. The highest BCUT2D eigenvalue weighted by Crippen LogP contribution is 2.43. The van der Waals surface area contributed by atoms with Crippen molar-refractivity contribution in [2.24, 2.45) is 0 Å². The molecule has 0 heterocycles. The molecule has 3 atom stereocenters. The van der Waals surface area contributed by atoms with Gasteiger partial charge < -0.3 is 19.4 Å². The number of esters is 1. The van der Waals surface area contributed by atoms with E-state index in [1.807, 2.05) is 33.3 Å². The number of quaternary nitrogens is 1. The van der Waals surface area contributed by atoms with Crippen LogP contribution in [0.3, 0.4) is 0 Å². The van der Waals surface area contributed by atoms with Crippen molar-refractivity contribution in [3.8, 4) is 0 Å². The minimum atomic E-state index is -4.45. The Bertz CT molecular complexity index is 1410. The number of rotatable bonds is 57. The largest absolute Gasteiger partial charge is 0.472 e. The summed E-state index contributed by atoms with van der Waals surface area (Å²) in [6.07, 6.45) is 66.7. The lowest BCUT2D eigenvalue weighted by atomic mass is 10.0. The molecule has 3 unspecified atom stereocenters. The molecule has 0 rings (SSSR count). The second kappa shape index (κ2) is 54.3. The van der Waals surface area contributed by atoms with E-state index in [1.54, 1.807) is 0 Å². The maximum absolute atomic E-state index is 13.5. The molecule has 0 fully saturated rings. The number of carbonyl (C=O) groups is 2. The van der Waals surface area contributed by atoms with Gasteiger partial charge in [-0.1, -0.05) is 243 Å². The number of allylic oxidation sites excluding steroid dienone is 7. The normalized spacial score (nSPS) is 14.0. The van der Waals surface area contributed by atoms with Crippen LogP contribution in [0.2, 0.25) is 0 Å². The van der Waals surface area contributed by atoms with Gasteiger partial charge in [0, 0.05) is 12.8 Å². The lowest BCUT2D eigenvalue weighted by Gasteiger charge is -2.27. The molecule has 0 radical (unpaired) electrons. The van der Waals surface area contributed by atoms with Crippen molar-refractivity contribution in [2.45, 2.75) is 309 Å². The van der Waals surface area contributed by atoms with Gasteiger partial charge in [0.2, 0.25) is 5.91 Å². The van der Waals surface area contributed by atoms with Crippen molar-refractivity contribution < 1.29 is 37.3 Å². The van der Waals surface area contributed by atoms with Gasteiger partial charge in [0.1, 0.15) is 19.3 Å². The number of amides is 1. The monoisotopic (exact) mass is 1060 g/mol. The Morgan fingerprint density at radius 1 is 0.473 bits per heavy atom. The van der Waals surface area contributed by atoms with E-state index in [4.69, 9.17) is 13.8 Å². The van der Waals surface area contributed by atoms with Gasteiger partial charge in [-0.05, 0) is 89.5 Å². The Morgan fingerprint density at radius 3 is 1.26 bits per heavy atom. The van der Waals surface area contributed by atoms with Gasteiger partial charge in [0.05, 0.1) is 33.8 Å². The lowest BCUT2D eigenvalue weighted by molar-refractivity contribution is -0.870. The van der Waals surface area contributed by atoms with Gasteiger partial charge in [-0.25, -0.2) is 4.57 Å². The summed E-state index contributed by atoms with van der Waals surface area (Å²) < 4.78 is 30.7. The van der Waals surface area contributed by atoms with Crippen LogP contribution >= 0.6 is 7.82 Å². The van der Waals surface area contributed by atoms with Gasteiger partial charge in [-0.15, -0.1) is 0 Å². The molecule has 0 aromatic rings. The molecule has 434 valence electrons. The molecule has 0 aliphatic rings. The van der Waals surface area contributed by atoms with Crippen LogP contribution in [0.25, 0.3) is 0 Å². The summed E-state index contributed by atoms with van der Waals surface area (Å²) in [7, 11) is 1.50. The van der Waals surface area contributed by atoms with E-state index < -0.39 is 20.0 Å². The topological polar surface area (TPSA) is 111 Å². The van der Waals surface area contributed by atoms with Crippen molar-refractivity contribution in [3.63, 3.8) is 0 Å². The van der Waals surface area contributed by atoms with E-state index in [0.29, 0.717) is 17.4 Å². The number of ether oxygens (including phenoxy) is 1. The highest BCUT2D eigenvalue weighted by Gasteiger charge is 2.30. The number of phosphoric ester groups is 1. The van der Waals surface area contributed by atoms with E-state index in [9.17, 15) is 19.0 Å². The average Bonchev–Trinajstić information content (AvgIpc) is 3.36. The fourth-order valence-corrected chi connectivity index (χ4v) is 9.82. The summed E-state index contributed by atoms with van der Waals surface area (Å²) in [4.78, 5) is 37.7. The highest BCUT2D eigenvalue weighted by molar-refractivity contribution is 7.47. The minimum Gasteiger partial charge on any atom is -0.456 e. The maximum atomic E-state index is 13.5. The zero-order chi connectivity index (χ0) is 54.3. The maximum Gasteiger partial charge on any atom is 0.472 e. The molecule has 9 nitrogen and oxygen atoms in total. The smallest absolute Gasteiger partial charge is 0.456 e. The standard InChI is InChI=1S/C64H121N2O7P/c1-7-10-13-16-19-22-25-28-30-32-33-35-37-39-42-45-48-51-54-57-64(68)73-62(55-52-49-46-43-40-27-24-21-18-15-12-9-3)61(60-72-74(69,70)71-59-58-66(4,5)6)65-63(67)56-53-50-47-44-41-38-36-34-31-29-26-23-20-17-14-11-8-2/h19,22,28-31,52,55,61-62H,7-18,20-21,23-27,32-51,53-54,56-60H2,1-6H3,(H-,65,67,69,70)/p+1/b22-19-,30-28-,31-29+,55-52+. The molecule has 0 aromatic carbocycles. The fraction of sp³-hybridized carbons (Fsp3) is 0.844. The number of nitrogens with zero attached hydrogens (tertiary/aromatic N) is 1. The molecule has 74 heavy (non-hydrogen) atoms. The molecule has 10 heteroatoms. The molecule has 0 aliphatic carbocycles. The van der Waals surface area contributed by atoms with Crippen molar-refractivity contribution in [1.29, 1.82) is 0 Å². The van der Waals surface area contributed by atoms with Gasteiger partial charge >= 0.3 is 13.8 Å². The summed E-state index contributed by atoms with van der Waals surface area (Å²) in [6.45, 7) is 7.00. The number of unbranched alkanes of at least 4 members (excludes halogenated alkanes) is 35. The second-order valence-electron chi connectivity index (χ2n) is 22.6. The molecule has 0 spiro atoms. The first-order chi connectivity index (χ1) is 35.9.